The van der Waals surface area contributed by atoms with Crippen LogP contribution < -0.4 is 4.90 Å². The molecule has 0 bridgehead atoms. The average molecular weight is 283 g/mol. The number of benzene rings is 1. The Labute approximate surface area is 114 Å². The van der Waals surface area contributed by atoms with Crippen LogP contribution in [0.4, 0.5) is 0 Å². The van der Waals surface area contributed by atoms with Gasteiger partial charge in [-0.05, 0) is 26.0 Å². The molecule has 1 aromatic rings. The van der Waals surface area contributed by atoms with Gasteiger partial charge in [-0.1, -0.05) is 12.1 Å². The van der Waals surface area contributed by atoms with Crippen LogP contribution in [0.25, 0.3) is 0 Å². The molecule has 0 aliphatic carbocycles. The van der Waals surface area contributed by atoms with Gasteiger partial charge in [0.2, 0.25) is 5.90 Å². The molecule has 0 saturated carbocycles. The monoisotopic (exact) mass is 283 g/mol. The minimum Gasteiger partial charge on any atom is -0.471 e. The zero-order chi connectivity index (χ0) is 13.9. The van der Waals surface area contributed by atoms with Crippen molar-refractivity contribution in [3.8, 4) is 0 Å². The van der Waals surface area contributed by atoms with Crippen LogP contribution in [0.15, 0.2) is 33.6 Å². The summed E-state index contributed by atoms with van der Waals surface area (Å²) in [5.41, 5.74) is 0.567. The van der Waals surface area contributed by atoms with E-state index < -0.39 is 10.0 Å². The fraction of sp³-hybridized carbons (Fsp3) is 0.462. The number of fused-ring (bicyclic) bond motifs is 1. The highest BCUT2D eigenvalue weighted by molar-refractivity contribution is 7.90. The van der Waals surface area contributed by atoms with Crippen LogP contribution in [0.1, 0.15) is 19.4 Å². The van der Waals surface area contributed by atoms with Crippen LogP contribution in [0.3, 0.4) is 0 Å². The first-order chi connectivity index (χ1) is 9.08. The minimum absolute atomic E-state index is 0.224. The Bertz CT molecular complexity index is 577. The third-order valence-electron chi connectivity index (χ3n) is 3.29. The first kappa shape index (κ1) is 14.0. The van der Waals surface area contributed by atoms with Gasteiger partial charge in [0.25, 0.3) is 10.0 Å². The van der Waals surface area contributed by atoms with Gasteiger partial charge >= 0.3 is 0 Å². The van der Waals surface area contributed by atoms with Crippen LogP contribution in [-0.4, -0.2) is 40.6 Å². The maximum absolute atomic E-state index is 11.8. The normalized spacial score (nSPS) is 16.3. The largest absolute Gasteiger partial charge is 0.471 e. The summed E-state index contributed by atoms with van der Waals surface area (Å²) in [6.45, 7) is 7.60. The van der Waals surface area contributed by atoms with Gasteiger partial charge < -0.3 is 9.64 Å². The molecule has 1 heterocycles. The van der Waals surface area contributed by atoms with Crippen molar-refractivity contribution in [2.75, 3.05) is 26.2 Å². The molecule has 0 amide bonds. The van der Waals surface area contributed by atoms with Crippen molar-refractivity contribution in [3.05, 3.63) is 29.8 Å². The van der Waals surface area contributed by atoms with Gasteiger partial charge in [0.15, 0.2) is 0 Å². The number of ether oxygens (including phenoxy) is 1. The van der Waals surface area contributed by atoms with E-state index in [-0.39, 0.29) is 10.8 Å². The van der Waals surface area contributed by atoms with Crippen LogP contribution in [0.2, 0.25) is 0 Å². The number of nitrogens with one attached hydrogen (secondary N) is 1. The second-order valence-corrected chi connectivity index (χ2v) is 6.00. The lowest BCUT2D eigenvalue weighted by molar-refractivity contribution is -0.896. The van der Waals surface area contributed by atoms with Gasteiger partial charge in [0.05, 0.1) is 18.7 Å². The van der Waals surface area contributed by atoms with Crippen molar-refractivity contribution in [1.82, 2.24) is 0 Å². The average Bonchev–Trinajstić information content (AvgIpc) is 2.67. The van der Waals surface area contributed by atoms with Crippen LogP contribution in [0, 0.1) is 0 Å². The first-order valence-electron chi connectivity index (χ1n) is 6.49. The molecule has 0 spiro atoms. The number of likely N-dealkylation sites (N-methyl/N-ethyl adjacent to an activating group) is 1. The van der Waals surface area contributed by atoms with Crippen molar-refractivity contribution < 1.29 is 18.1 Å². The van der Waals surface area contributed by atoms with E-state index in [9.17, 15) is 8.42 Å². The van der Waals surface area contributed by atoms with E-state index in [4.69, 9.17) is 4.74 Å². The highest BCUT2D eigenvalue weighted by Gasteiger charge is 2.29. The summed E-state index contributed by atoms with van der Waals surface area (Å²) in [4.78, 5) is 1.65. The zero-order valence-corrected chi connectivity index (χ0v) is 12.0. The van der Waals surface area contributed by atoms with E-state index in [0.29, 0.717) is 12.2 Å². The topological polar surface area (TPSA) is 60.2 Å². The molecule has 1 aliphatic heterocycles. The predicted octanol–water partition coefficient (Wildman–Crippen LogP) is 0.0768. The molecule has 1 aliphatic rings. The lowest BCUT2D eigenvalue weighted by Crippen LogP contribution is -3.11. The minimum atomic E-state index is -3.56. The summed E-state index contributed by atoms with van der Waals surface area (Å²) in [7, 11) is -3.56. The molecule has 0 saturated heterocycles. The summed E-state index contributed by atoms with van der Waals surface area (Å²) < 4.78 is 32.8. The van der Waals surface area contributed by atoms with Gasteiger partial charge in [-0.2, -0.15) is 8.42 Å². The van der Waals surface area contributed by atoms with Crippen molar-refractivity contribution in [3.63, 3.8) is 0 Å². The van der Waals surface area contributed by atoms with Gasteiger partial charge in [-0.3, -0.25) is 0 Å². The third kappa shape index (κ3) is 2.96. The van der Waals surface area contributed by atoms with Crippen LogP contribution in [-0.2, 0) is 14.8 Å². The van der Waals surface area contributed by atoms with Crippen molar-refractivity contribution in [2.45, 2.75) is 18.7 Å². The Hall–Kier alpha value is -1.40. The maximum Gasteiger partial charge on any atom is 0.286 e. The van der Waals surface area contributed by atoms with Crippen LogP contribution >= 0.6 is 0 Å². The maximum atomic E-state index is 11.8. The molecule has 0 radical (unpaired) electrons. The summed E-state index contributed by atoms with van der Waals surface area (Å²) >= 11 is 0. The van der Waals surface area contributed by atoms with Crippen molar-refractivity contribution >= 4 is 15.9 Å². The number of rotatable bonds is 5. The molecule has 1 aromatic carbocycles. The van der Waals surface area contributed by atoms with Gasteiger partial charge in [0.1, 0.15) is 18.0 Å². The van der Waals surface area contributed by atoms with E-state index >= 15 is 0 Å². The second-order valence-electron chi connectivity index (χ2n) is 4.42. The molecule has 6 heteroatoms. The molecular formula is C13H19N2O3S+. The van der Waals surface area contributed by atoms with Gasteiger partial charge in [-0.25, -0.2) is 0 Å². The summed E-state index contributed by atoms with van der Waals surface area (Å²) in [6, 6.07) is 6.76. The smallest absolute Gasteiger partial charge is 0.286 e. The van der Waals surface area contributed by atoms with E-state index in [0.717, 1.165) is 19.6 Å². The molecule has 0 aromatic heterocycles. The molecular weight excluding hydrogens is 264 g/mol. The van der Waals surface area contributed by atoms with Crippen molar-refractivity contribution in [2.24, 2.45) is 4.40 Å². The fourth-order valence-electron chi connectivity index (χ4n) is 2.08. The Kier molecular flexibility index (Phi) is 4.21. The lowest BCUT2D eigenvalue weighted by atomic mass is 10.2. The highest BCUT2D eigenvalue weighted by atomic mass is 32.2. The highest BCUT2D eigenvalue weighted by Crippen LogP contribution is 2.25. The number of hydrogen-bond acceptors (Lipinski definition) is 3. The van der Waals surface area contributed by atoms with Crippen LogP contribution in [0.5, 0.6) is 0 Å². The Morgan fingerprint density at radius 3 is 2.58 bits per heavy atom. The molecule has 0 unspecified atom stereocenters. The van der Waals surface area contributed by atoms with E-state index in [2.05, 4.69) is 18.2 Å². The predicted molar refractivity (Wildman–Crippen MR) is 73.0 cm³/mol. The Morgan fingerprint density at radius 1 is 1.21 bits per heavy atom. The zero-order valence-electron chi connectivity index (χ0n) is 11.2. The molecule has 104 valence electrons. The lowest BCUT2D eigenvalue weighted by Gasteiger charge is -2.15. The van der Waals surface area contributed by atoms with E-state index in [1.54, 1.807) is 24.3 Å². The molecule has 0 fully saturated rings. The summed E-state index contributed by atoms with van der Waals surface area (Å²) in [5, 5.41) is 0. The summed E-state index contributed by atoms with van der Waals surface area (Å²) in [5.74, 6) is 0.224. The standard InChI is InChI=1S/C13H18N2O3S/c1-3-15(4-2)9-10-18-13-11-7-5-6-8-12(11)19(16,17)14-13/h5-8H,3-4,9-10H2,1-2H3/p+1. The first-order valence-corrected chi connectivity index (χ1v) is 7.93. The number of quaternary nitrogens is 1. The molecule has 5 nitrogen and oxygen atoms in total. The van der Waals surface area contributed by atoms with Gasteiger partial charge in [-0.15, -0.1) is 4.40 Å². The third-order valence-corrected chi connectivity index (χ3v) is 4.61. The second kappa shape index (κ2) is 5.71. The van der Waals surface area contributed by atoms with Gasteiger partial charge in [0, 0.05) is 0 Å². The van der Waals surface area contributed by atoms with Crippen molar-refractivity contribution in [1.29, 1.82) is 0 Å². The summed E-state index contributed by atoms with van der Waals surface area (Å²) in [6.07, 6.45) is 0. The number of hydrogen-bond donors (Lipinski definition) is 1. The molecule has 0 atom stereocenters. The fourth-order valence-corrected chi connectivity index (χ4v) is 3.23. The molecule has 19 heavy (non-hydrogen) atoms. The number of sulfonamides is 1. The number of nitrogens with zero attached hydrogens (tertiary/aromatic N) is 1. The quantitative estimate of drug-likeness (QED) is 0.832. The van der Waals surface area contributed by atoms with E-state index in [1.165, 1.54) is 4.90 Å². The Balaban J connectivity index is 2.07. The van der Waals surface area contributed by atoms with E-state index in [1.807, 2.05) is 0 Å². The Morgan fingerprint density at radius 2 is 1.89 bits per heavy atom. The SMILES string of the molecule is CC[NH+](CC)CCOC1=NS(=O)(=O)c2ccccc21. The molecule has 2 rings (SSSR count). The molecule has 1 N–H and O–H groups in total.